The number of benzene rings is 3. The summed E-state index contributed by atoms with van der Waals surface area (Å²) in [5.74, 6) is -24.7. The number of hydrogen-bond acceptors (Lipinski definition) is 5. The summed E-state index contributed by atoms with van der Waals surface area (Å²) in [5.41, 5.74) is -2.04. The highest BCUT2D eigenvalue weighted by Gasteiger charge is 2.77. The summed E-state index contributed by atoms with van der Waals surface area (Å²) in [6.07, 6.45) is 0.610. The SMILES string of the molecule is O=C1C2CC=C3C(CC4(Cl)C(=O)N(c5c(F)c(F)c(F)c(F)c5F)C(=O)C4(Cl)C3c3cccc(F)c3O)C2C(=O)N1c1ccccc1. The van der Waals surface area contributed by atoms with Gasteiger partial charge >= 0.3 is 0 Å². The molecule has 7 rings (SSSR count). The molecule has 3 aromatic rings. The van der Waals surface area contributed by atoms with Crippen molar-refractivity contribution < 1.29 is 50.6 Å². The Hall–Kier alpha value is -4.36. The maximum absolute atomic E-state index is 15.1. The number of para-hydroxylation sites is 2. The van der Waals surface area contributed by atoms with Crippen LogP contribution < -0.4 is 9.80 Å². The van der Waals surface area contributed by atoms with E-state index in [1.807, 2.05) is 0 Å². The van der Waals surface area contributed by atoms with Crippen molar-refractivity contribution in [3.05, 3.63) is 101 Å². The predicted octanol–water partition coefficient (Wildman–Crippen LogP) is 5.99. The molecule has 1 N–H and O–H groups in total. The first-order valence-corrected chi connectivity index (χ1v) is 14.8. The van der Waals surface area contributed by atoms with Gasteiger partial charge in [0.25, 0.3) is 11.8 Å². The van der Waals surface area contributed by atoms with Gasteiger partial charge in [-0.25, -0.2) is 31.2 Å². The first-order valence-electron chi connectivity index (χ1n) is 14.1. The van der Waals surface area contributed by atoms with Crippen molar-refractivity contribution in [1.29, 1.82) is 0 Å². The van der Waals surface area contributed by atoms with E-state index in [0.717, 1.165) is 23.1 Å². The topological polar surface area (TPSA) is 95.0 Å². The molecule has 242 valence electrons. The fraction of sp³-hybridized carbons (Fsp3) is 0.250. The van der Waals surface area contributed by atoms with Gasteiger partial charge in [0.15, 0.2) is 44.6 Å². The van der Waals surface area contributed by atoms with Crippen LogP contribution in [0.25, 0.3) is 0 Å². The lowest BCUT2D eigenvalue weighted by Crippen LogP contribution is -2.60. The van der Waals surface area contributed by atoms with E-state index in [1.54, 1.807) is 18.2 Å². The molecule has 4 aliphatic rings. The van der Waals surface area contributed by atoms with E-state index in [4.69, 9.17) is 23.2 Å². The zero-order valence-electron chi connectivity index (χ0n) is 23.4. The number of nitrogens with zero attached hydrogens (tertiary/aromatic N) is 2. The average molecular weight is 695 g/mol. The molecule has 1 saturated carbocycles. The van der Waals surface area contributed by atoms with E-state index in [0.29, 0.717) is 0 Å². The van der Waals surface area contributed by atoms with Gasteiger partial charge in [-0.15, -0.1) is 23.2 Å². The minimum Gasteiger partial charge on any atom is -0.505 e. The molecule has 0 aromatic heterocycles. The lowest BCUT2D eigenvalue weighted by molar-refractivity contribution is -0.125. The van der Waals surface area contributed by atoms with Crippen molar-refractivity contribution in [3.8, 4) is 5.75 Å². The van der Waals surface area contributed by atoms with Crippen molar-refractivity contribution in [2.75, 3.05) is 9.80 Å². The number of allylic oxidation sites excluding steroid dienone is 2. The number of phenolic OH excluding ortho intramolecular Hbond substituents is 1. The first kappa shape index (κ1) is 31.3. The number of imide groups is 2. The number of carbonyl (C=O) groups is 4. The molecule has 0 radical (unpaired) electrons. The van der Waals surface area contributed by atoms with Gasteiger partial charge in [-0.3, -0.25) is 24.1 Å². The van der Waals surface area contributed by atoms with Crippen LogP contribution >= 0.6 is 23.2 Å². The van der Waals surface area contributed by atoms with Crippen LogP contribution in [0.2, 0.25) is 0 Å². The van der Waals surface area contributed by atoms with Gasteiger partial charge in [0.1, 0.15) is 5.69 Å². The van der Waals surface area contributed by atoms with Crippen molar-refractivity contribution in [1.82, 2.24) is 0 Å². The second-order valence-corrected chi connectivity index (χ2v) is 13.0. The number of halogens is 8. The predicted molar refractivity (Wildman–Crippen MR) is 153 cm³/mol. The number of anilines is 2. The summed E-state index contributed by atoms with van der Waals surface area (Å²) < 4.78 is 87.6. The Morgan fingerprint density at radius 3 is 1.98 bits per heavy atom. The Labute approximate surface area is 271 Å². The Kier molecular flexibility index (Phi) is 6.86. The fourth-order valence-electron chi connectivity index (χ4n) is 7.51. The molecule has 0 bridgehead atoms. The molecule has 2 heterocycles. The molecule has 6 unspecified atom stereocenters. The minimum absolute atomic E-state index is 0.0786. The normalized spacial score (nSPS) is 30.0. The highest BCUT2D eigenvalue weighted by molar-refractivity contribution is 6.58. The molecular formula is C32H18Cl2F6N2O5. The Morgan fingerprint density at radius 2 is 1.34 bits per heavy atom. The van der Waals surface area contributed by atoms with Gasteiger partial charge in [0.05, 0.1) is 17.5 Å². The first-order chi connectivity index (χ1) is 22.2. The second kappa shape index (κ2) is 10.3. The number of rotatable bonds is 3. The zero-order chi connectivity index (χ0) is 33.9. The zero-order valence-corrected chi connectivity index (χ0v) is 24.9. The third kappa shape index (κ3) is 3.83. The Morgan fingerprint density at radius 1 is 0.723 bits per heavy atom. The quantitative estimate of drug-likeness (QED) is 0.0908. The Bertz CT molecular complexity index is 1970. The lowest BCUT2D eigenvalue weighted by atomic mass is 9.56. The van der Waals surface area contributed by atoms with Gasteiger partial charge < -0.3 is 5.11 Å². The van der Waals surface area contributed by atoms with Crippen LogP contribution in [0.1, 0.15) is 24.3 Å². The summed E-state index contributed by atoms with van der Waals surface area (Å²) in [6, 6.07) is 11.0. The molecule has 2 aliphatic heterocycles. The lowest BCUT2D eigenvalue weighted by Gasteiger charge is -2.50. The number of alkyl halides is 2. The maximum atomic E-state index is 15.1. The van der Waals surface area contributed by atoms with Crippen LogP contribution in [-0.2, 0) is 19.2 Å². The molecular weight excluding hydrogens is 677 g/mol. The highest BCUT2D eigenvalue weighted by atomic mass is 35.5. The molecule has 3 fully saturated rings. The second-order valence-electron chi connectivity index (χ2n) is 11.7. The largest absolute Gasteiger partial charge is 0.505 e. The summed E-state index contributed by atoms with van der Waals surface area (Å²) in [7, 11) is 0. The summed E-state index contributed by atoms with van der Waals surface area (Å²) in [4.78, 5) is 50.8. The van der Waals surface area contributed by atoms with Crippen LogP contribution in [0.15, 0.2) is 60.2 Å². The van der Waals surface area contributed by atoms with Crippen molar-refractivity contribution in [2.24, 2.45) is 17.8 Å². The molecule has 0 spiro atoms. The summed E-state index contributed by atoms with van der Waals surface area (Å²) >= 11 is 14.0. The van der Waals surface area contributed by atoms with Crippen LogP contribution in [0, 0.1) is 52.7 Å². The molecule has 2 aliphatic carbocycles. The molecule has 7 nitrogen and oxygen atoms in total. The van der Waals surface area contributed by atoms with Gasteiger partial charge in [-0.05, 0) is 37.0 Å². The molecule has 2 saturated heterocycles. The number of hydrogen-bond donors (Lipinski definition) is 1. The highest BCUT2D eigenvalue weighted by Crippen LogP contribution is 2.66. The van der Waals surface area contributed by atoms with E-state index in [-0.39, 0.29) is 22.6 Å². The average Bonchev–Trinajstić information content (AvgIpc) is 3.39. The van der Waals surface area contributed by atoms with Crippen molar-refractivity contribution in [2.45, 2.75) is 28.5 Å². The monoisotopic (exact) mass is 694 g/mol. The van der Waals surface area contributed by atoms with Crippen LogP contribution in [0.4, 0.5) is 37.7 Å². The molecule has 4 amide bonds. The van der Waals surface area contributed by atoms with E-state index in [9.17, 15) is 41.8 Å². The van der Waals surface area contributed by atoms with E-state index < -0.39 is 115 Å². The molecule has 6 atom stereocenters. The maximum Gasteiger partial charge on any atom is 0.258 e. The number of aromatic hydroxyl groups is 1. The van der Waals surface area contributed by atoms with Gasteiger partial charge in [-0.2, -0.15) is 0 Å². The summed E-state index contributed by atoms with van der Waals surface area (Å²) in [5, 5.41) is 10.9. The molecule has 3 aromatic carbocycles. The smallest absolute Gasteiger partial charge is 0.258 e. The fourth-order valence-corrected chi connectivity index (χ4v) is 8.44. The third-order valence-corrected chi connectivity index (χ3v) is 11.0. The number of amides is 4. The van der Waals surface area contributed by atoms with Crippen LogP contribution in [0.3, 0.4) is 0 Å². The summed E-state index contributed by atoms with van der Waals surface area (Å²) in [6.45, 7) is 0. The van der Waals surface area contributed by atoms with Crippen LogP contribution in [0.5, 0.6) is 5.75 Å². The number of carbonyl (C=O) groups excluding carboxylic acids is 4. The van der Waals surface area contributed by atoms with Crippen molar-refractivity contribution in [3.63, 3.8) is 0 Å². The van der Waals surface area contributed by atoms with Gasteiger partial charge in [0.2, 0.25) is 17.6 Å². The van der Waals surface area contributed by atoms with Crippen LogP contribution in [-0.4, -0.2) is 38.5 Å². The van der Waals surface area contributed by atoms with E-state index in [2.05, 4.69) is 0 Å². The van der Waals surface area contributed by atoms with Gasteiger partial charge in [0, 0.05) is 11.5 Å². The number of fused-ring (bicyclic) bond motifs is 4. The van der Waals surface area contributed by atoms with E-state index in [1.165, 1.54) is 18.2 Å². The Balaban J connectivity index is 1.45. The van der Waals surface area contributed by atoms with Crippen molar-refractivity contribution >= 4 is 58.2 Å². The van der Waals surface area contributed by atoms with E-state index >= 15 is 8.78 Å². The van der Waals surface area contributed by atoms with Gasteiger partial charge in [-0.1, -0.05) is 42.0 Å². The standard InChI is InChI=1S/C32H18Cl2F6N2O5/c33-31-11-16-13(9-10-14-18(16)28(45)41(27(14)44)12-5-2-1-3-6-12)19(15-7-4-8-17(35)26(15)43)32(31,34)30(47)42(29(31)46)25-23(39)21(37)20(36)22(38)24(25)40/h1-9,14,16,18-19,43H,10-11H2. The number of phenols is 1. The third-order valence-electron chi connectivity index (χ3n) is 9.56. The molecule has 15 heteroatoms. The molecule has 47 heavy (non-hydrogen) atoms. The minimum atomic E-state index is -2.88.